The van der Waals surface area contributed by atoms with Crippen molar-refractivity contribution in [3.8, 4) is 5.75 Å². The summed E-state index contributed by atoms with van der Waals surface area (Å²) < 4.78 is 5.49. The second kappa shape index (κ2) is 8.45. The highest BCUT2D eigenvalue weighted by molar-refractivity contribution is 5.97. The van der Waals surface area contributed by atoms with Crippen LogP contribution in [0.5, 0.6) is 5.75 Å². The van der Waals surface area contributed by atoms with Crippen LogP contribution >= 0.6 is 0 Å². The molecule has 1 heterocycles. The van der Waals surface area contributed by atoms with Crippen molar-refractivity contribution < 1.29 is 14.3 Å². The van der Waals surface area contributed by atoms with Gasteiger partial charge in [0.1, 0.15) is 5.75 Å². The summed E-state index contributed by atoms with van der Waals surface area (Å²) in [6.45, 7) is 10.1. The number of likely N-dealkylation sites (N-methyl/N-ethyl adjacent to an activating group) is 1. The summed E-state index contributed by atoms with van der Waals surface area (Å²) in [5.74, 6) is 0.233. The van der Waals surface area contributed by atoms with Gasteiger partial charge in [-0.05, 0) is 45.5 Å². The monoisotopic (exact) mass is 347 g/mol. The van der Waals surface area contributed by atoms with Crippen LogP contribution in [0.25, 0.3) is 0 Å². The van der Waals surface area contributed by atoms with Gasteiger partial charge in [0.15, 0.2) is 5.78 Å². The zero-order chi connectivity index (χ0) is 18.6. The van der Waals surface area contributed by atoms with E-state index in [9.17, 15) is 9.59 Å². The third-order valence-corrected chi connectivity index (χ3v) is 4.94. The van der Waals surface area contributed by atoms with Crippen LogP contribution in [0.4, 0.5) is 4.79 Å². The van der Waals surface area contributed by atoms with Crippen molar-refractivity contribution in [2.24, 2.45) is 0 Å². The van der Waals surface area contributed by atoms with Gasteiger partial charge in [-0.2, -0.15) is 0 Å². The number of rotatable bonds is 5. The Kier molecular flexibility index (Phi) is 6.56. The van der Waals surface area contributed by atoms with Crippen molar-refractivity contribution in [2.75, 3.05) is 46.8 Å². The van der Waals surface area contributed by atoms with E-state index < -0.39 is 6.09 Å². The molecule has 0 spiro atoms. The Labute approximate surface area is 150 Å². The molecule has 1 aromatic rings. The first-order valence-corrected chi connectivity index (χ1v) is 8.84. The molecule has 0 aromatic heterocycles. The molecule has 1 atom stereocenters. The molecule has 6 heteroatoms. The zero-order valence-electron chi connectivity index (χ0n) is 15.9. The van der Waals surface area contributed by atoms with Gasteiger partial charge in [-0.3, -0.25) is 9.69 Å². The first kappa shape index (κ1) is 19.4. The van der Waals surface area contributed by atoms with Gasteiger partial charge in [-0.1, -0.05) is 6.07 Å². The summed E-state index contributed by atoms with van der Waals surface area (Å²) in [6.07, 6.45) is -0.450. The lowest BCUT2D eigenvalue weighted by molar-refractivity contribution is 0.101. The minimum Gasteiger partial charge on any atom is -0.409 e. The van der Waals surface area contributed by atoms with Gasteiger partial charge in [-0.25, -0.2) is 4.79 Å². The van der Waals surface area contributed by atoms with Gasteiger partial charge < -0.3 is 14.5 Å². The van der Waals surface area contributed by atoms with Crippen molar-refractivity contribution in [1.29, 1.82) is 0 Å². The minimum absolute atomic E-state index is 0.110. The maximum atomic E-state index is 12.1. The summed E-state index contributed by atoms with van der Waals surface area (Å²) >= 11 is 0. The van der Waals surface area contributed by atoms with E-state index in [1.807, 2.05) is 19.1 Å². The second-order valence-corrected chi connectivity index (χ2v) is 6.71. The lowest BCUT2D eigenvalue weighted by Crippen LogP contribution is -2.45. The molecule has 1 aliphatic heterocycles. The lowest BCUT2D eigenvalue weighted by atomic mass is 10.0. The summed E-state index contributed by atoms with van der Waals surface area (Å²) in [5.41, 5.74) is 1.49. The molecular weight excluding hydrogens is 318 g/mol. The Bertz CT molecular complexity index is 624. The Morgan fingerprint density at radius 3 is 2.44 bits per heavy atom. The fourth-order valence-corrected chi connectivity index (χ4v) is 2.90. The molecule has 1 unspecified atom stereocenters. The molecule has 0 N–H and O–H groups in total. The molecule has 1 fully saturated rings. The first-order chi connectivity index (χ1) is 11.8. The normalized spacial score (nSPS) is 17.2. The second-order valence-electron chi connectivity index (χ2n) is 6.71. The van der Waals surface area contributed by atoms with Crippen molar-refractivity contribution >= 4 is 11.9 Å². The van der Waals surface area contributed by atoms with E-state index in [0.29, 0.717) is 17.9 Å². The van der Waals surface area contributed by atoms with Gasteiger partial charge in [0, 0.05) is 45.8 Å². The summed E-state index contributed by atoms with van der Waals surface area (Å²) in [5, 5.41) is 0. The van der Waals surface area contributed by atoms with E-state index in [1.54, 1.807) is 13.1 Å². The largest absolute Gasteiger partial charge is 0.414 e. The van der Waals surface area contributed by atoms with Crippen LogP contribution in [0.3, 0.4) is 0 Å². The smallest absolute Gasteiger partial charge is 0.409 e. The molecule has 138 valence electrons. The summed E-state index contributed by atoms with van der Waals surface area (Å²) in [7, 11) is 3.80. The SMILES string of the molecule is CCN(C)C(=O)Oc1cc(C(C)N2CCN(C)CC2)ccc1C(C)=O. The van der Waals surface area contributed by atoms with Crippen molar-refractivity contribution in [3.05, 3.63) is 29.3 Å². The number of benzene rings is 1. The van der Waals surface area contributed by atoms with Gasteiger partial charge in [0.25, 0.3) is 0 Å². The number of ether oxygens (including phenoxy) is 1. The lowest BCUT2D eigenvalue weighted by Gasteiger charge is -2.36. The van der Waals surface area contributed by atoms with Gasteiger partial charge in [0.05, 0.1) is 5.56 Å². The molecular formula is C19H29N3O3. The molecule has 25 heavy (non-hydrogen) atoms. The number of nitrogens with zero attached hydrogens (tertiary/aromatic N) is 3. The van der Waals surface area contributed by atoms with E-state index in [4.69, 9.17) is 4.74 Å². The number of piperazine rings is 1. The fourth-order valence-electron chi connectivity index (χ4n) is 2.90. The number of hydrogen-bond donors (Lipinski definition) is 0. The third kappa shape index (κ3) is 4.80. The fraction of sp³-hybridized carbons (Fsp3) is 0.579. The number of ketones is 1. The highest BCUT2D eigenvalue weighted by atomic mass is 16.6. The quantitative estimate of drug-likeness (QED) is 0.767. The molecule has 0 radical (unpaired) electrons. The van der Waals surface area contributed by atoms with E-state index in [2.05, 4.69) is 23.8 Å². The van der Waals surface area contributed by atoms with Crippen LogP contribution < -0.4 is 4.74 Å². The van der Waals surface area contributed by atoms with E-state index in [0.717, 1.165) is 31.7 Å². The average molecular weight is 347 g/mol. The van der Waals surface area contributed by atoms with Crippen LogP contribution in [-0.2, 0) is 0 Å². The first-order valence-electron chi connectivity index (χ1n) is 8.84. The number of carbonyl (C=O) groups is 2. The molecule has 2 rings (SSSR count). The maximum Gasteiger partial charge on any atom is 0.414 e. The molecule has 6 nitrogen and oxygen atoms in total. The Balaban J connectivity index is 2.23. The standard InChI is InChI=1S/C19H29N3O3/c1-6-21(5)19(24)25-18-13-16(7-8-17(18)15(3)23)14(2)22-11-9-20(4)10-12-22/h7-8,13-14H,6,9-12H2,1-5H3. The Morgan fingerprint density at radius 1 is 1.24 bits per heavy atom. The molecule has 0 saturated carbocycles. The number of amides is 1. The van der Waals surface area contributed by atoms with E-state index in [-0.39, 0.29) is 11.8 Å². The highest BCUT2D eigenvalue weighted by Crippen LogP contribution is 2.28. The van der Waals surface area contributed by atoms with Crippen LogP contribution in [0.2, 0.25) is 0 Å². The molecule has 1 amide bonds. The average Bonchev–Trinajstić information content (AvgIpc) is 2.60. The van der Waals surface area contributed by atoms with Crippen LogP contribution in [0, 0.1) is 0 Å². The van der Waals surface area contributed by atoms with Gasteiger partial charge >= 0.3 is 6.09 Å². The number of hydrogen-bond acceptors (Lipinski definition) is 5. The third-order valence-electron chi connectivity index (χ3n) is 4.94. The minimum atomic E-state index is -0.450. The van der Waals surface area contributed by atoms with Gasteiger partial charge in [0.2, 0.25) is 0 Å². The van der Waals surface area contributed by atoms with Gasteiger partial charge in [-0.15, -0.1) is 0 Å². The Hall–Kier alpha value is -1.92. The van der Waals surface area contributed by atoms with Crippen molar-refractivity contribution in [1.82, 2.24) is 14.7 Å². The van der Waals surface area contributed by atoms with Crippen LogP contribution in [0.15, 0.2) is 18.2 Å². The molecule has 0 bridgehead atoms. The van der Waals surface area contributed by atoms with E-state index >= 15 is 0 Å². The molecule has 1 aliphatic rings. The highest BCUT2D eigenvalue weighted by Gasteiger charge is 2.22. The molecule has 0 aliphatic carbocycles. The number of carbonyl (C=O) groups excluding carboxylic acids is 2. The van der Waals surface area contributed by atoms with Crippen molar-refractivity contribution in [2.45, 2.75) is 26.8 Å². The molecule has 1 saturated heterocycles. The predicted octanol–water partition coefficient (Wildman–Crippen LogP) is 2.65. The van der Waals surface area contributed by atoms with E-state index in [1.165, 1.54) is 11.8 Å². The Morgan fingerprint density at radius 2 is 1.88 bits per heavy atom. The maximum absolute atomic E-state index is 12.1. The molecule has 1 aromatic carbocycles. The summed E-state index contributed by atoms with van der Waals surface area (Å²) in [6, 6.07) is 5.76. The van der Waals surface area contributed by atoms with Crippen LogP contribution in [0.1, 0.15) is 42.7 Å². The summed E-state index contributed by atoms with van der Waals surface area (Å²) in [4.78, 5) is 30.2. The van der Waals surface area contributed by atoms with Crippen LogP contribution in [-0.4, -0.2) is 73.4 Å². The zero-order valence-corrected chi connectivity index (χ0v) is 15.9. The predicted molar refractivity (Wildman–Crippen MR) is 98.3 cm³/mol. The number of Topliss-reactive ketones (excluding diaryl/α,β-unsaturated/α-hetero) is 1. The topological polar surface area (TPSA) is 53.1 Å². The van der Waals surface area contributed by atoms with Crippen molar-refractivity contribution in [3.63, 3.8) is 0 Å².